The van der Waals surface area contributed by atoms with E-state index in [0.29, 0.717) is 50.8 Å². The van der Waals surface area contributed by atoms with Gasteiger partial charge in [0, 0.05) is 25.1 Å². The van der Waals surface area contributed by atoms with Crippen LogP contribution in [0.15, 0.2) is 16.8 Å². The van der Waals surface area contributed by atoms with Crippen LogP contribution in [0.25, 0.3) is 11.0 Å². The van der Waals surface area contributed by atoms with Crippen LogP contribution in [0.5, 0.6) is 0 Å². The molecular weight excluding hydrogens is 458 g/mol. The number of aliphatic carboxylic acids is 1. The molecule has 1 unspecified atom stereocenters. The summed E-state index contributed by atoms with van der Waals surface area (Å²) in [6, 6.07) is 2.79. The number of carboxylic acid groups (broad SMARTS) is 1. The number of piperidine rings is 1. The summed E-state index contributed by atoms with van der Waals surface area (Å²) < 4.78 is 4.66. The average Bonchev–Trinajstić information content (AvgIpc) is 3.36. The van der Waals surface area contributed by atoms with E-state index in [1.165, 1.54) is 17.0 Å². The topological polar surface area (TPSA) is 169 Å². The predicted molar refractivity (Wildman–Crippen MR) is 124 cm³/mol. The molecule has 1 saturated carbocycles. The van der Waals surface area contributed by atoms with Crippen molar-refractivity contribution in [3.8, 4) is 0 Å². The van der Waals surface area contributed by atoms with Gasteiger partial charge in [0.2, 0.25) is 11.3 Å². The highest BCUT2D eigenvalue weighted by Gasteiger charge is 2.49. The maximum atomic E-state index is 13.2. The van der Waals surface area contributed by atoms with Gasteiger partial charge in [0.05, 0.1) is 10.6 Å². The molecule has 1 atom stereocenters. The highest BCUT2D eigenvalue weighted by atomic mass is 16.6. The lowest BCUT2D eigenvalue weighted by atomic mass is 9.80. The Morgan fingerprint density at radius 2 is 1.89 bits per heavy atom. The standard InChI is InChI=1S/C23H29N5O7/c29-20(15-7-2-1-3-8-15)21(30)27-14-5-4-11-23(27,22(31)32)12-6-13-24-16-9-10-17(28(33)34)19-18(16)25-35-26-19/h9-10,15,24H,1-8,11-14H2,(H,31,32). The van der Waals surface area contributed by atoms with Crippen molar-refractivity contribution in [1.82, 2.24) is 15.2 Å². The fourth-order valence-corrected chi connectivity index (χ4v) is 5.34. The van der Waals surface area contributed by atoms with E-state index in [-0.39, 0.29) is 35.6 Å². The van der Waals surface area contributed by atoms with Crippen molar-refractivity contribution >= 4 is 40.1 Å². The number of carbonyl (C=O) groups is 3. The minimum Gasteiger partial charge on any atom is -0.479 e. The normalized spacial score (nSPS) is 21.1. The molecule has 1 aliphatic heterocycles. The average molecular weight is 488 g/mol. The van der Waals surface area contributed by atoms with E-state index < -0.39 is 28.1 Å². The zero-order valence-electron chi connectivity index (χ0n) is 19.4. The first-order chi connectivity index (χ1) is 16.8. The number of nitro benzene ring substituents is 1. The fraction of sp³-hybridized carbons (Fsp3) is 0.609. The molecule has 12 heteroatoms. The van der Waals surface area contributed by atoms with Crippen LogP contribution >= 0.6 is 0 Å². The molecule has 188 valence electrons. The van der Waals surface area contributed by atoms with E-state index >= 15 is 0 Å². The van der Waals surface area contributed by atoms with Gasteiger partial charge >= 0.3 is 11.7 Å². The lowest BCUT2D eigenvalue weighted by Crippen LogP contribution is -2.61. The largest absolute Gasteiger partial charge is 0.479 e. The van der Waals surface area contributed by atoms with Crippen molar-refractivity contribution in [3.63, 3.8) is 0 Å². The summed E-state index contributed by atoms with van der Waals surface area (Å²) in [5.74, 6) is -2.53. The van der Waals surface area contributed by atoms with E-state index in [1.807, 2.05) is 0 Å². The second-order valence-electron chi connectivity index (χ2n) is 9.33. The van der Waals surface area contributed by atoms with Crippen LogP contribution in [0.3, 0.4) is 0 Å². The van der Waals surface area contributed by atoms with E-state index in [0.717, 1.165) is 19.3 Å². The van der Waals surface area contributed by atoms with E-state index in [4.69, 9.17) is 0 Å². The molecule has 1 aromatic heterocycles. The Balaban J connectivity index is 1.45. The molecule has 2 aromatic rings. The van der Waals surface area contributed by atoms with Gasteiger partial charge in [-0.1, -0.05) is 19.3 Å². The van der Waals surface area contributed by atoms with Gasteiger partial charge in [-0.15, -0.1) is 0 Å². The highest BCUT2D eigenvalue weighted by molar-refractivity contribution is 6.37. The van der Waals surface area contributed by atoms with Gasteiger partial charge in [0.25, 0.3) is 5.91 Å². The molecule has 0 spiro atoms. The lowest BCUT2D eigenvalue weighted by Gasteiger charge is -2.44. The van der Waals surface area contributed by atoms with Crippen molar-refractivity contribution in [2.45, 2.75) is 69.7 Å². The van der Waals surface area contributed by atoms with Crippen LogP contribution in [0.1, 0.15) is 64.2 Å². The number of hydrogen-bond acceptors (Lipinski definition) is 9. The Bertz CT molecular complexity index is 1130. The summed E-state index contributed by atoms with van der Waals surface area (Å²) in [4.78, 5) is 50.5. The van der Waals surface area contributed by atoms with Crippen LogP contribution in [-0.2, 0) is 14.4 Å². The van der Waals surface area contributed by atoms with E-state index in [2.05, 4.69) is 20.3 Å². The molecular formula is C23H29N5O7. The number of likely N-dealkylation sites (tertiary alicyclic amines) is 1. The van der Waals surface area contributed by atoms with Crippen LogP contribution in [0.2, 0.25) is 0 Å². The number of benzene rings is 1. The van der Waals surface area contributed by atoms with Gasteiger partial charge in [0.15, 0.2) is 5.52 Å². The summed E-state index contributed by atoms with van der Waals surface area (Å²) in [7, 11) is 0. The smallest absolute Gasteiger partial charge is 0.329 e. The van der Waals surface area contributed by atoms with Crippen molar-refractivity contribution < 1.29 is 29.0 Å². The summed E-state index contributed by atoms with van der Waals surface area (Å²) in [6.07, 6.45) is 6.42. The first-order valence-electron chi connectivity index (χ1n) is 12.1. The minimum atomic E-state index is -1.43. The molecule has 4 rings (SSSR count). The molecule has 2 N–H and O–H groups in total. The summed E-state index contributed by atoms with van der Waals surface area (Å²) in [5, 5.41) is 31.8. The lowest BCUT2D eigenvalue weighted by molar-refractivity contribution is -0.383. The van der Waals surface area contributed by atoms with Gasteiger partial charge in [-0.05, 0) is 61.3 Å². The van der Waals surface area contributed by atoms with Gasteiger partial charge in [0.1, 0.15) is 5.54 Å². The number of hydrogen-bond donors (Lipinski definition) is 2. The monoisotopic (exact) mass is 487 g/mol. The third-order valence-corrected chi connectivity index (χ3v) is 7.24. The number of Topliss-reactive ketones (excluding diaryl/α,β-unsaturated/α-hetero) is 1. The fourth-order valence-electron chi connectivity index (χ4n) is 5.34. The molecule has 0 radical (unpaired) electrons. The van der Waals surface area contributed by atoms with Crippen molar-refractivity contribution in [1.29, 1.82) is 0 Å². The molecule has 2 fully saturated rings. The van der Waals surface area contributed by atoms with Crippen LogP contribution in [0.4, 0.5) is 11.4 Å². The van der Waals surface area contributed by atoms with Gasteiger partial charge in [-0.3, -0.25) is 19.7 Å². The number of fused-ring (bicyclic) bond motifs is 1. The van der Waals surface area contributed by atoms with Crippen molar-refractivity contribution in [3.05, 3.63) is 22.2 Å². The third kappa shape index (κ3) is 4.82. The number of carbonyl (C=O) groups excluding carboxylic acids is 2. The number of nitrogens with one attached hydrogen (secondary N) is 1. The Morgan fingerprint density at radius 3 is 2.60 bits per heavy atom. The Hall–Kier alpha value is -3.57. The van der Waals surface area contributed by atoms with Crippen LogP contribution < -0.4 is 5.32 Å². The Morgan fingerprint density at radius 1 is 1.14 bits per heavy atom. The zero-order chi connectivity index (χ0) is 25.0. The highest BCUT2D eigenvalue weighted by Crippen LogP contribution is 2.35. The molecule has 12 nitrogen and oxygen atoms in total. The molecule has 1 aromatic carbocycles. The first-order valence-corrected chi connectivity index (χ1v) is 12.1. The maximum absolute atomic E-state index is 13.2. The number of amides is 1. The van der Waals surface area contributed by atoms with Gasteiger partial charge in [-0.2, -0.15) is 0 Å². The summed E-state index contributed by atoms with van der Waals surface area (Å²) >= 11 is 0. The minimum absolute atomic E-state index is 0.0206. The number of rotatable bonds is 9. The number of nitro groups is 1. The Kier molecular flexibility index (Phi) is 7.27. The predicted octanol–water partition coefficient (Wildman–Crippen LogP) is 3.31. The number of anilines is 1. The zero-order valence-corrected chi connectivity index (χ0v) is 19.4. The van der Waals surface area contributed by atoms with Gasteiger partial charge in [-0.25, -0.2) is 9.42 Å². The number of carboxylic acids is 1. The molecule has 1 aliphatic carbocycles. The van der Waals surface area contributed by atoms with Crippen molar-refractivity contribution in [2.24, 2.45) is 5.92 Å². The number of nitrogens with zero attached hydrogens (tertiary/aromatic N) is 4. The Labute approximate surface area is 201 Å². The summed E-state index contributed by atoms with van der Waals surface area (Å²) in [6.45, 7) is 0.581. The molecule has 35 heavy (non-hydrogen) atoms. The number of non-ortho nitro benzene ring substituents is 1. The molecule has 0 bridgehead atoms. The second kappa shape index (κ2) is 10.4. The summed E-state index contributed by atoms with van der Waals surface area (Å²) in [5.41, 5.74) is -0.954. The van der Waals surface area contributed by atoms with E-state index in [1.54, 1.807) is 0 Å². The van der Waals surface area contributed by atoms with Crippen LogP contribution in [-0.4, -0.2) is 61.5 Å². The number of aromatic nitrogens is 2. The first kappa shape index (κ1) is 24.6. The van der Waals surface area contributed by atoms with E-state index in [9.17, 15) is 29.6 Å². The molecule has 1 saturated heterocycles. The van der Waals surface area contributed by atoms with Crippen LogP contribution in [0, 0.1) is 16.0 Å². The van der Waals surface area contributed by atoms with Gasteiger partial charge < -0.3 is 15.3 Å². The molecule has 1 amide bonds. The van der Waals surface area contributed by atoms with Crippen molar-refractivity contribution in [2.75, 3.05) is 18.4 Å². The third-order valence-electron chi connectivity index (χ3n) is 7.24. The second-order valence-corrected chi connectivity index (χ2v) is 9.33. The maximum Gasteiger partial charge on any atom is 0.329 e. The molecule has 2 aliphatic rings. The SMILES string of the molecule is O=C(C(=O)N1CCCCC1(CCCNc1ccc([N+](=O)[O-])c2nonc12)C(=O)O)C1CCCCC1. The molecule has 2 heterocycles. The quantitative estimate of drug-likeness (QED) is 0.231. The number of ketones is 1.